The molecule has 2 aromatic rings. The average molecular weight is 444 g/mol. The van der Waals surface area contributed by atoms with Crippen molar-refractivity contribution < 1.29 is 14.3 Å². The van der Waals surface area contributed by atoms with E-state index in [1.54, 1.807) is 6.92 Å². The third kappa shape index (κ3) is 6.15. The van der Waals surface area contributed by atoms with Gasteiger partial charge in [0.25, 0.3) is 0 Å². The molecule has 0 spiro atoms. The summed E-state index contributed by atoms with van der Waals surface area (Å²) in [4.78, 5) is 28.8. The second-order valence-electron chi connectivity index (χ2n) is 8.24. The first kappa shape index (κ1) is 23.4. The molecule has 6 nitrogen and oxygen atoms in total. The lowest BCUT2D eigenvalue weighted by Crippen LogP contribution is -2.46. The first-order valence-electron chi connectivity index (χ1n) is 11.0. The van der Waals surface area contributed by atoms with Crippen LogP contribution >= 0.6 is 11.3 Å². The molecule has 168 valence electrons. The van der Waals surface area contributed by atoms with Crippen LogP contribution in [-0.2, 0) is 9.53 Å². The summed E-state index contributed by atoms with van der Waals surface area (Å²) < 4.78 is 5.32. The van der Waals surface area contributed by atoms with Gasteiger partial charge in [0.05, 0.1) is 13.2 Å². The van der Waals surface area contributed by atoms with Crippen LogP contribution in [0.1, 0.15) is 48.8 Å². The van der Waals surface area contributed by atoms with E-state index in [9.17, 15) is 9.59 Å². The predicted octanol–water partition coefficient (Wildman–Crippen LogP) is 4.30. The highest BCUT2D eigenvalue weighted by Crippen LogP contribution is 2.40. The van der Waals surface area contributed by atoms with Crippen LogP contribution in [0.2, 0.25) is 0 Å². The summed E-state index contributed by atoms with van der Waals surface area (Å²) in [6, 6.07) is 10.8. The van der Waals surface area contributed by atoms with Crippen LogP contribution in [0.25, 0.3) is 11.1 Å². The van der Waals surface area contributed by atoms with Crippen molar-refractivity contribution in [1.29, 1.82) is 0 Å². The largest absolute Gasteiger partial charge is 0.462 e. The van der Waals surface area contributed by atoms with Crippen LogP contribution in [0.5, 0.6) is 0 Å². The molecule has 7 heteroatoms. The van der Waals surface area contributed by atoms with Crippen LogP contribution in [-0.4, -0.2) is 55.1 Å². The number of likely N-dealkylation sites (tertiary alicyclic amines) is 1. The summed E-state index contributed by atoms with van der Waals surface area (Å²) in [7, 11) is 0. The molecule has 1 aromatic heterocycles. The van der Waals surface area contributed by atoms with Gasteiger partial charge in [-0.25, -0.2) is 4.79 Å². The van der Waals surface area contributed by atoms with Crippen molar-refractivity contribution in [3.63, 3.8) is 0 Å². The van der Waals surface area contributed by atoms with E-state index in [4.69, 9.17) is 4.74 Å². The smallest absolute Gasteiger partial charge is 0.341 e. The molecule has 2 N–H and O–H groups in total. The highest BCUT2D eigenvalue weighted by Gasteiger charge is 2.26. The van der Waals surface area contributed by atoms with E-state index in [-0.39, 0.29) is 12.5 Å². The van der Waals surface area contributed by atoms with E-state index in [0.717, 1.165) is 41.9 Å². The number of thiophene rings is 1. The molecule has 0 atom stereocenters. The minimum Gasteiger partial charge on any atom is -0.462 e. The van der Waals surface area contributed by atoms with Gasteiger partial charge in [-0.05, 0) is 32.3 Å². The Kier molecular flexibility index (Phi) is 8.23. The normalized spacial score (nSPS) is 15.3. The lowest BCUT2D eigenvalue weighted by molar-refractivity contribution is -0.117. The van der Waals surface area contributed by atoms with E-state index in [2.05, 4.69) is 29.4 Å². The average Bonchev–Trinajstić information content (AvgIpc) is 3.05. The minimum absolute atomic E-state index is 0.0957. The number of amides is 1. The quantitative estimate of drug-likeness (QED) is 0.595. The van der Waals surface area contributed by atoms with E-state index in [1.807, 2.05) is 37.3 Å². The lowest BCUT2D eigenvalue weighted by atomic mass is 10.0. The van der Waals surface area contributed by atoms with Crippen molar-refractivity contribution in [1.82, 2.24) is 10.2 Å². The first-order chi connectivity index (χ1) is 14.9. The number of anilines is 1. The predicted molar refractivity (Wildman–Crippen MR) is 127 cm³/mol. The molecule has 0 saturated carbocycles. The summed E-state index contributed by atoms with van der Waals surface area (Å²) in [5.74, 6) is -0.497. The number of benzene rings is 1. The molecule has 2 heterocycles. The van der Waals surface area contributed by atoms with E-state index >= 15 is 0 Å². The van der Waals surface area contributed by atoms with Gasteiger partial charge in [-0.2, -0.15) is 0 Å². The van der Waals surface area contributed by atoms with Crippen molar-refractivity contribution in [2.75, 3.05) is 31.6 Å². The molecule has 1 saturated heterocycles. The summed E-state index contributed by atoms with van der Waals surface area (Å²) in [5.41, 5.74) is 2.23. The minimum atomic E-state index is -0.401. The molecule has 0 radical (unpaired) electrons. The van der Waals surface area contributed by atoms with E-state index in [0.29, 0.717) is 29.2 Å². The molecule has 1 aliphatic heterocycles. The Labute approximate surface area is 189 Å². The summed E-state index contributed by atoms with van der Waals surface area (Å²) in [6.07, 6.45) is 2.08. The van der Waals surface area contributed by atoms with Crippen LogP contribution < -0.4 is 10.6 Å². The van der Waals surface area contributed by atoms with Crippen LogP contribution in [0.3, 0.4) is 0 Å². The number of aryl methyl sites for hydroxylation is 1. The maximum Gasteiger partial charge on any atom is 0.341 e. The lowest BCUT2D eigenvalue weighted by Gasteiger charge is -2.32. The number of carbonyl (C=O) groups excluding carboxylic acids is 2. The number of rotatable bonds is 8. The molecule has 1 aliphatic rings. The number of hydrogen-bond donors (Lipinski definition) is 2. The zero-order valence-electron chi connectivity index (χ0n) is 18.9. The highest BCUT2D eigenvalue weighted by atomic mass is 32.1. The van der Waals surface area contributed by atoms with E-state index < -0.39 is 5.97 Å². The Morgan fingerprint density at radius 2 is 1.87 bits per heavy atom. The molecule has 1 aromatic carbocycles. The fourth-order valence-corrected chi connectivity index (χ4v) is 5.16. The van der Waals surface area contributed by atoms with Gasteiger partial charge in [0.1, 0.15) is 10.6 Å². The topological polar surface area (TPSA) is 70.7 Å². The van der Waals surface area contributed by atoms with E-state index in [1.165, 1.54) is 11.3 Å². The molecule has 31 heavy (non-hydrogen) atoms. The molecule has 0 aliphatic carbocycles. The number of esters is 1. The number of ether oxygens (including phenoxy) is 1. The van der Waals surface area contributed by atoms with Crippen molar-refractivity contribution in [3.8, 4) is 11.1 Å². The summed E-state index contributed by atoms with van der Waals surface area (Å²) >= 11 is 1.43. The zero-order chi connectivity index (χ0) is 22.4. The van der Waals surface area contributed by atoms with Gasteiger partial charge in [0.15, 0.2) is 0 Å². The molecule has 0 bridgehead atoms. The van der Waals surface area contributed by atoms with Gasteiger partial charge >= 0.3 is 5.97 Å². The Morgan fingerprint density at radius 1 is 1.19 bits per heavy atom. The molecular weight excluding hydrogens is 410 g/mol. The Hall–Kier alpha value is -2.22. The number of nitrogens with one attached hydrogen (secondary N) is 2. The molecule has 0 unspecified atom stereocenters. The monoisotopic (exact) mass is 443 g/mol. The maximum absolute atomic E-state index is 12.8. The Bertz CT molecular complexity index is 887. The Morgan fingerprint density at radius 3 is 2.48 bits per heavy atom. The maximum atomic E-state index is 12.8. The van der Waals surface area contributed by atoms with Gasteiger partial charge in [-0.1, -0.05) is 44.2 Å². The van der Waals surface area contributed by atoms with Crippen molar-refractivity contribution in [2.24, 2.45) is 0 Å². The van der Waals surface area contributed by atoms with Crippen molar-refractivity contribution >= 4 is 28.2 Å². The third-order valence-corrected chi connectivity index (χ3v) is 6.42. The second-order valence-corrected chi connectivity index (χ2v) is 9.47. The van der Waals surface area contributed by atoms with Gasteiger partial charge in [0.2, 0.25) is 5.91 Å². The molecule has 1 amide bonds. The number of nitrogens with zero attached hydrogens (tertiary/aromatic N) is 1. The van der Waals surface area contributed by atoms with Gasteiger partial charge in [-0.15, -0.1) is 11.3 Å². The fraction of sp³-hybridized carbons (Fsp3) is 0.500. The first-order valence-corrected chi connectivity index (χ1v) is 11.8. The summed E-state index contributed by atoms with van der Waals surface area (Å²) in [5, 5.41) is 7.13. The number of carbonyl (C=O) groups is 2. The van der Waals surface area contributed by atoms with Crippen LogP contribution in [0, 0.1) is 6.92 Å². The summed E-state index contributed by atoms with van der Waals surface area (Å²) in [6.45, 7) is 10.5. The molecular formula is C24H33N3O3S. The van der Waals surface area contributed by atoms with Gasteiger partial charge in [0, 0.05) is 35.6 Å². The Balaban J connectivity index is 1.72. The van der Waals surface area contributed by atoms with Gasteiger partial charge < -0.3 is 15.4 Å². The highest BCUT2D eigenvalue weighted by molar-refractivity contribution is 7.17. The van der Waals surface area contributed by atoms with Gasteiger partial charge in [-0.3, -0.25) is 9.69 Å². The van der Waals surface area contributed by atoms with Crippen LogP contribution in [0.15, 0.2) is 30.3 Å². The van der Waals surface area contributed by atoms with Crippen molar-refractivity contribution in [2.45, 2.75) is 52.6 Å². The number of hydrogen-bond acceptors (Lipinski definition) is 6. The molecule has 3 rings (SSSR count). The standard InChI is InChI=1S/C24H33N3O3S/c1-5-30-24(29)22-21(18-9-7-6-8-10-18)17(4)31-23(22)26-20(28)15-27-13-11-19(12-14-27)25-16(2)3/h6-10,16,19,25H,5,11-15H2,1-4H3,(H,26,28). The van der Waals surface area contributed by atoms with Crippen LogP contribution in [0.4, 0.5) is 5.00 Å². The SMILES string of the molecule is CCOC(=O)c1c(NC(=O)CN2CCC(NC(C)C)CC2)sc(C)c1-c1ccccc1. The third-order valence-electron chi connectivity index (χ3n) is 5.40. The van der Waals surface area contributed by atoms with Crippen molar-refractivity contribution in [3.05, 3.63) is 40.8 Å². The second kappa shape index (κ2) is 10.9. The fourth-order valence-electron chi connectivity index (χ4n) is 4.08. The zero-order valence-corrected chi connectivity index (χ0v) is 19.7. The molecule has 1 fully saturated rings. The number of piperidine rings is 1.